The summed E-state index contributed by atoms with van der Waals surface area (Å²) in [5, 5.41) is 3.38. The molecular formula is C17H22N4O2S. The van der Waals surface area contributed by atoms with Crippen LogP contribution < -0.4 is 10.1 Å². The maximum Gasteiger partial charge on any atom is 0.223 e. The number of likely N-dealkylation sites (tertiary alicyclic amines) is 1. The molecule has 1 unspecified atom stereocenters. The largest absolute Gasteiger partial charge is 0.489 e. The van der Waals surface area contributed by atoms with E-state index in [0.29, 0.717) is 5.13 Å². The average molecular weight is 346 g/mol. The monoisotopic (exact) mass is 346 g/mol. The molecule has 1 amide bonds. The Labute approximate surface area is 145 Å². The van der Waals surface area contributed by atoms with Gasteiger partial charge in [-0.05, 0) is 20.3 Å². The quantitative estimate of drug-likeness (QED) is 0.902. The molecule has 24 heavy (non-hydrogen) atoms. The van der Waals surface area contributed by atoms with Gasteiger partial charge in [-0.15, -0.1) is 11.3 Å². The molecule has 0 aliphatic carbocycles. The van der Waals surface area contributed by atoms with Crippen molar-refractivity contribution in [3.63, 3.8) is 0 Å². The zero-order chi connectivity index (χ0) is 17.1. The fourth-order valence-electron chi connectivity index (χ4n) is 2.90. The molecule has 1 fully saturated rings. The molecule has 0 aromatic carbocycles. The van der Waals surface area contributed by atoms with Gasteiger partial charge in [0.05, 0.1) is 0 Å². The molecule has 0 bridgehead atoms. The Kier molecular flexibility index (Phi) is 5.11. The van der Waals surface area contributed by atoms with Crippen LogP contribution >= 0.6 is 11.3 Å². The molecule has 3 heterocycles. The maximum atomic E-state index is 11.1. The van der Waals surface area contributed by atoms with Gasteiger partial charge < -0.3 is 10.1 Å². The Morgan fingerprint density at radius 1 is 1.42 bits per heavy atom. The maximum absolute atomic E-state index is 11.1. The van der Waals surface area contributed by atoms with Gasteiger partial charge in [-0.1, -0.05) is 0 Å². The van der Waals surface area contributed by atoms with Gasteiger partial charge in [-0.25, -0.2) is 4.98 Å². The van der Waals surface area contributed by atoms with Gasteiger partial charge >= 0.3 is 0 Å². The first-order chi connectivity index (χ1) is 11.5. The highest BCUT2D eigenvalue weighted by Gasteiger charge is 2.24. The number of pyridine rings is 1. The smallest absolute Gasteiger partial charge is 0.223 e. The van der Waals surface area contributed by atoms with Crippen LogP contribution in [0.25, 0.3) is 0 Å². The number of hydrogen-bond donors (Lipinski definition) is 1. The number of nitrogens with one attached hydrogen (secondary N) is 1. The summed E-state index contributed by atoms with van der Waals surface area (Å²) in [4.78, 5) is 23.2. The van der Waals surface area contributed by atoms with Gasteiger partial charge in [0.1, 0.15) is 11.9 Å². The third-order valence-corrected chi connectivity index (χ3v) is 4.70. The van der Waals surface area contributed by atoms with Crippen molar-refractivity contribution in [1.82, 2.24) is 14.9 Å². The normalized spacial score (nSPS) is 17.9. The van der Waals surface area contributed by atoms with E-state index in [9.17, 15) is 4.79 Å². The second kappa shape index (κ2) is 7.27. The van der Waals surface area contributed by atoms with E-state index in [1.807, 2.05) is 32.2 Å². The predicted octanol–water partition coefficient (Wildman–Crippen LogP) is 2.77. The molecule has 2 aromatic rings. The van der Waals surface area contributed by atoms with E-state index in [2.05, 4.69) is 20.2 Å². The highest BCUT2D eigenvalue weighted by molar-refractivity contribution is 7.15. The minimum absolute atomic E-state index is 0.0894. The molecule has 2 aromatic heterocycles. The van der Waals surface area contributed by atoms with Crippen molar-refractivity contribution < 1.29 is 9.53 Å². The van der Waals surface area contributed by atoms with E-state index < -0.39 is 0 Å². The Bertz CT molecular complexity index is 711. The van der Waals surface area contributed by atoms with Crippen LogP contribution in [0.1, 0.15) is 29.6 Å². The summed E-state index contributed by atoms with van der Waals surface area (Å²) in [6.45, 7) is 8.20. The van der Waals surface area contributed by atoms with Crippen LogP contribution in [0, 0.1) is 13.8 Å². The van der Waals surface area contributed by atoms with E-state index in [4.69, 9.17) is 4.74 Å². The zero-order valence-electron chi connectivity index (χ0n) is 14.2. The van der Waals surface area contributed by atoms with Crippen LogP contribution in [0.5, 0.6) is 5.75 Å². The first kappa shape index (κ1) is 16.9. The fourth-order valence-corrected chi connectivity index (χ4v) is 3.80. The zero-order valence-corrected chi connectivity index (χ0v) is 15.0. The number of carbonyl (C=O) groups excluding carboxylic acids is 1. The number of thiazole rings is 1. The summed E-state index contributed by atoms with van der Waals surface area (Å²) >= 11 is 1.52. The van der Waals surface area contributed by atoms with Crippen molar-refractivity contribution in [2.24, 2.45) is 0 Å². The van der Waals surface area contributed by atoms with Crippen LogP contribution in [0.15, 0.2) is 18.3 Å². The van der Waals surface area contributed by atoms with Crippen LogP contribution in [-0.4, -0.2) is 40.0 Å². The Hall–Kier alpha value is -1.99. The molecule has 0 saturated carbocycles. The molecule has 1 saturated heterocycles. The molecule has 7 heteroatoms. The lowest BCUT2D eigenvalue weighted by Gasteiger charge is -2.16. The highest BCUT2D eigenvalue weighted by atomic mass is 32.1. The lowest BCUT2D eigenvalue weighted by atomic mass is 10.3. The minimum atomic E-state index is -0.0894. The summed E-state index contributed by atoms with van der Waals surface area (Å²) in [6, 6.07) is 3.97. The summed E-state index contributed by atoms with van der Waals surface area (Å²) in [5.41, 5.74) is 1.96. The van der Waals surface area contributed by atoms with Crippen LogP contribution in [0.4, 0.5) is 5.13 Å². The van der Waals surface area contributed by atoms with Crippen molar-refractivity contribution in [2.45, 2.75) is 39.8 Å². The number of anilines is 1. The van der Waals surface area contributed by atoms with Crippen LogP contribution in [0.3, 0.4) is 0 Å². The van der Waals surface area contributed by atoms with Crippen molar-refractivity contribution in [1.29, 1.82) is 0 Å². The number of hydrogen-bond acceptors (Lipinski definition) is 6. The molecule has 0 spiro atoms. The van der Waals surface area contributed by atoms with Gasteiger partial charge in [0.15, 0.2) is 5.13 Å². The van der Waals surface area contributed by atoms with Gasteiger partial charge in [0.2, 0.25) is 5.91 Å². The molecule has 0 radical (unpaired) electrons. The number of amides is 1. The van der Waals surface area contributed by atoms with E-state index in [-0.39, 0.29) is 12.0 Å². The molecule has 3 rings (SSSR count). The standard InChI is InChI=1S/C17H22N4O2S/c1-11-6-15(7-12(2)19-11)23-14-4-5-21(9-14)10-16-8-18-17(24-16)20-13(3)22/h6-8,14H,4-5,9-10H2,1-3H3,(H,18,20,22). The topological polar surface area (TPSA) is 67.4 Å². The van der Waals surface area contributed by atoms with E-state index in [1.165, 1.54) is 18.3 Å². The SMILES string of the molecule is CC(=O)Nc1ncc(CN2CCC(Oc3cc(C)nc(C)c3)C2)s1. The van der Waals surface area contributed by atoms with Gasteiger partial charge in [0.25, 0.3) is 0 Å². The Balaban J connectivity index is 1.53. The van der Waals surface area contributed by atoms with E-state index >= 15 is 0 Å². The second-order valence-electron chi connectivity index (χ2n) is 6.16. The molecule has 6 nitrogen and oxygen atoms in total. The number of ether oxygens (including phenoxy) is 1. The fraction of sp³-hybridized carbons (Fsp3) is 0.471. The summed E-state index contributed by atoms with van der Waals surface area (Å²) in [7, 11) is 0. The second-order valence-corrected chi connectivity index (χ2v) is 7.28. The lowest BCUT2D eigenvalue weighted by molar-refractivity contribution is -0.114. The van der Waals surface area contributed by atoms with Crippen LogP contribution in [-0.2, 0) is 11.3 Å². The van der Waals surface area contributed by atoms with Gasteiger partial charge in [-0.2, -0.15) is 0 Å². The molecule has 128 valence electrons. The number of aryl methyl sites for hydroxylation is 2. The van der Waals surface area contributed by atoms with E-state index in [0.717, 1.165) is 48.1 Å². The minimum Gasteiger partial charge on any atom is -0.489 e. The van der Waals surface area contributed by atoms with Crippen molar-refractivity contribution >= 4 is 22.4 Å². The number of rotatable bonds is 5. The Morgan fingerprint density at radius 2 is 2.17 bits per heavy atom. The first-order valence-corrected chi connectivity index (χ1v) is 8.86. The van der Waals surface area contributed by atoms with Crippen molar-refractivity contribution in [3.8, 4) is 5.75 Å². The Morgan fingerprint density at radius 3 is 2.88 bits per heavy atom. The molecule has 1 aliphatic heterocycles. The summed E-state index contributed by atoms with van der Waals surface area (Å²) in [6.07, 6.45) is 3.05. The third-order valence-electron chi connectivity index (χ3n) is 3.80. The van der Waals surface area contributed by atoms with Crippen molar-refractivity contribution in [3.05, 3.63) is 34.6 Å². The van der Waals surface area contributed by atoms with Gasteiger partial charge in [0, 0.05) is 61.2 Å². The average Bonchev–Trinajstić information content (AvgIpc) is 3.07. The van der Waals surface area contributed by atoms with Crippen LogP contribution in [0.2, 0.25) is 0 Å². The summed E-state index contributed by atoms with van der Waals surface area (Å²) in [5.74, 6) is 0.811. The summed E-state index contributed by atoms with van der Waals surface area (Å²) < 4.78 is 6.11. The molecule has 1 aliphatic rings. The molecule has 1 N–H and O–H groups in total. The number of carbonyl (C=O) groups is 1. The molecule has 1 atom stereocenters. The molecular weight excluding hydrogens is 324 g/mol. The number of aromatic nitrogens is 2. The third kappa shape index (κ3) is 4.52. The highest BCUT2D eigenvalue weighted by Crippen LogP contribution is 2.24. The van der Waals surface area contributed by atoms with Crippen molar-refractivity contribution in [2.75, 3.05) is 18.4 Å². The lowest BCUT2D eigenvalue weighted by Crippen LogP contribution is -2.24. The number of nitrogens with zero attached hydrogens (tertiary/aromatic N) is 3. The van der Waals surface area contributed by atoms with E-state index in [1.54, 1.807) is 0 Å². The van der Waals surface area contributed by atoms with Gasteiger partial charge in [-0.3, -0.25) is 14.7 Å². The predicted molar refractivity (Wildman–Crippen MR) is 94.4 cm³/mol. The first-order valence-electron chi connectivity index (χ1n) is 8.04.